The van der Waals surface area contributed by atoms with Crippen molar-refractivity contribution in [3.8, 4) is 5.75 Å². The van der Waals surface area contributed by atoms with E-state index in [1.165, 1.54) is 24.3 Å². The van der Waals surface area contributed by atoms with Crippen LogP contribution in [0.25, 0.3) is 16.0 Å². The largest absolute Gasteiger partial charge is 0.508 e. The summed E-state index contributed by atoms with van der Waals surface area (Å²) in [5.74, 6) is -4.37. The number of hydrogen-bond donors (Lipinski definition) is 2. The Hall–Kier alpha value is -4.11. The van der Waals surface area contributed by atoms with E-state index in [1.807, 2.05) is 19.1 Å². The average molecular weight is 493 g/mol. The van der Waals surface area contributed by atoms with E-state index >= 15 is 0 Å². The molecule has 5 rings (SSSR count). The predicted molar refractivity (Wildman–Crippen MR) is 128 cm³/mol. The van der Waals surface area contributed by atoms with Gasteiger partial charge in [-0.15, -0.1) is 0 Å². The van der Waals surface area contributed by atoms with Crippen LogP contribution in [0.15, 0.2) is 66.2 Å². The van der Waals surface area contributed by atoms with Crippen molar-refractivity contribution in [1.82, 2.24) is 4.98 Å². The molecular weight excluding hydrogens is 474 g/mol. The van der Waals surface area contributed by atoms with Gasteiger partial charge in [0.2, 0.25) is 0 Å². The molecule has 35 heavy (non-hydrogen) atoms. The molecule has 1 aliphatic rings. The van der Waals surface area contributed by atoms with Crippen LogP contribution in [0.5, 0.6) is 5.75 Å². The summed E-state index contributed by atoms with van der Waals surface area (Å²) in [6, 6.07) is 13.6. The van der Waals surface area contributed by atoms with Crippen LogP contribution in [-0.2, 0) is 16.0 Å². The lowest BCUT2D eigenvalue weighted by molar-refractivity contribution is -0.132. The van der Waals surface area contributed by atoms with E-state index in [0.717, 1.165) is 40.4 Å². The quantitative estimate of drug-likeness (QED) is 0.224. The molecule has 1 aliphatic heterocycles. The molecule has 176 valence electrons. The summed E-state index contributed by atoms with van der Waals surface area (Å²) in [6.07, 6.45) is 0.789. The summed E-state index contributed by atoms with van der Waals surface area (Å²) < 4.78 is 27.8. The first-order valence-electron chi connectivity index (χ1n) is 10.7. The summed E-state index contributed by atoms with van der Waals surface area (Å²) in [7, 11) is 0. The van der Waals surface area contributed by atoms with Crippen LogP contribution in [0.1, 0.15) is 29.7 Å². The SMILES string of the molecule is CCc1ccc(/C(O)=C2\C(=O)C(=O)N(c3nc4cc(F)c(F)cc4s3)C2c2ccc(O)cc2)cc1. The zero-order valence-electron chi connectivity index (χ0n) is 18.3. The van der Waals surface area contributed by atoms with Crippen molar-refractivity contribution < 1.29 is 28.6 Å². The lowest BCUT2D eigenvalue weighted by Gasteiger charge is -2.23. The van der Waals surface area contributed by atoms with Crippen LogP contribution in [-0.4, -0.2) is 26.9 Å². The Kier molecular flexibility index (Phi) is 5.56. The number of thiazole rings is 1. The molecule has 0 radical (unpaired) electrons. The zero-order valence-corrected chi connectivity index (χ0v) is 19.1. The van der Waals surface area contributed by atoms with E-state index in [9.17, 15) is 28.6 Å². The number of benzene rings is 3. The van der Waals surface area contributed by atoms with Crippen molar-refractivity contribution in [2.75, 3.05) is 4.90 Å². The number of rotatable bonds is 4. The van der Waals surface area contributed by atoms with Crippen molar-refractivity contribution >= 4 is 44.1 Å². The van der Waals surface area contributed by atoms with Gasteiger partial charge in [0.1, 0.15) is 11.5 Å². The minimum atomic E-state index is -1.08. The summed E-state index contributed by atoms with van der Waals surface area (Å²) >= 11 is 0.921. The molecule has 1 saturated heterocycles. The van der Waals surface area contributed by atoms with E-state index in [2.05, 4.69) is 4.98 Å². The molecule has 1 aromatic heterocycles. The zero-order chi connectivity index (χ0) is 24.9. The van der Waals surface area contributed by atoms with Gasteiger partial charge in [-0.1, -0.05) is 54.7 Å². The number of aliphatic hydroxyl groups is 1. The van der Waals surface area contributed by atoms with Crippen molar-refractivity contribution in [3.05, 3.63) is 94.6 Å². The van der Waals surface area contributed by atoms with Crippen LogP contribution < -0.4 is 4.90 Å². The second-order valence-corrected chi connectivity index (χ2v) is 9.05. The first-order chi connectivity index (χ1) is 16.8. The Labute approximate surface area is 202 Å². The van der Waals surface area contributed by atoms with Gasteiger partial charge in [0.15, 0.2) is 16.8 Å². The lowest BCUT2D eigenvalue weighted by Crippen LogP contribution is -2.29. The Balaban J connectivity index is 1.71. The molecule has 4 aromatic rings. The molecule has 1 fully saturated rings. The molecule has 1 atom stereocenters. The maximum absolute atomic E-state index is 13.8. The number of aromatic hydroxyl groups is 1. The minimum Gasteiger partial charge on any atom is -0.508 e. The number of anilines is 1. The maximum Gasteiger partial charge on any atom is 0.301 e. The van der Waals surface area contributed by atoms with Gasteiger partial charge in [-0.05, 0) is 35.7 Å². The second kappa shape index (κ2) is 8.59. The van der Waals surface area contributed by atoms with Crippen LogP contribution >= 0.6 is 11.3 Å². The molecule has 1 amide bonds. The maximum atomic E-state index is 13.8. The number of carbonyl (C=O) groups excluding carboxylic acids is 2. The highest BCUT2D eigenvalue weighted by atomic mass is 32.1. The predicted octanol–water partition coefficient (Wildman–Crippen LogP) is 5.47. The Morgan fingerprint density at radius 1 is 1.03 bits per heavy atom. The lowest BCUT2D eigenvalue weighted by atomic mass is 9.95. The Morgan fingerprint density at radius 3 is 2.34 bits per heavy atom. The fourth-order valence-electron chi connectivity index (χ4n) is 4.07. The minimum absolute atomic E-state index is 0.0215. The van der Waals surface area contributed by atoms with Gasteiger partial charge in [0.25, 0.3) is 5.78 Å². The fourth-order valence-corrected chi connectivity index (χ4v) is 5.07. The standard InChI is InChI=1S/C26H18F2N2O4S/c1-2-13-3-5-15(6-4-13)23(32)21-22(14-7-9-16(31)10-8-14)30(25(34)24(21)33)26-29-19-11-17(27)18(28)12-20(19)35-26/h3-12,22,31-32H,2H2,1H3/b23-21+. The number of hydrogen-bond acceptors (Lipinski definition) is 6. The number of halogens is 2. The molecule has 0 aliphatic carbocycles. The summed E-state index contributed by atoms with van der Waals surface area (Å²) in [5.41, 5.74) is 1.81. The highest BCUT2D eigenvalue weighted by molar-refractivity contribution is 7.22. The van der Waals surface area contributed by atoms with E-state index in [4.69, 9.17) is 0 Å². The molecule has 3 aromatic carbocycles. The number of phenolic OH excluding ortho intramolecular Hbond substituents is 1. The van der Waals surface area contributed by atoms with E-state index < -0.39 is 29.4 Å². The topological polar surface area (TPSA) is 90.7 Å². The number of phenols is 1. The van der Waals surface area contributed by atoms with Crippen molar-refractivity contribution in [2.24, 2.45) is 0 Å². The van der Waals surface area contributed by atoms with Crippen LogP contribution in [0.2, 0.25) is 0 Å². The molecular formula is C26H18F2N2O4S. The first-order valence-corrected chi connectivity index (χ1v) is 11.5. The van der Waals surface area contributed by atoms with Crippen LogP contribution in [0, 0.1) is 11.6 Å². The average Bonchev–Trinajstić information content (AvgIpc) is 3.37. The van der Waals surface area contributed by atoms with Crippen molar-refractivity contribution in [1.29, 1.82) is 0 Å². The number of aryl methyl sites for hydroxylation is 1. The van der Waals surface area contributed by atoms with E-state index in [1.54, 1.807) is 12.1 Å². The second-order valence-electron chi connectivity index (χ2n) is 8.04. The van der Waals surface area contributed by atoms with Crippen LogP contribution in [0.3, 0.4) is 0 Å². The molecule has 9 heteroatoms. The molecule has 2 heterocycles. The number of Topliss-reactive ketones (excluding diaryl/α,β-unsaturated/α-hetero) is 1. The number of carbonyl (C=O) groups is 2. The van der Waals surface area contributed by atoms with Crippen molar-refractivity contribution in [3.63, 3.8) is 0 Å². The number of fused-ring (bicyclic) bond motifs is 1. The van der Waals surface area contributed by atoms with Gasteiger partial charge in [0.05, 0.1) is 21.8 Å². The highest BCUT2D eigenvalue weighted by Gasteiger charge is 2.48. The molecule has 0 saturated carbocycles. The Morgan fingerprint density at radius 2 is 1.69 bits per heavy atom. The van der Waals surface area contributed by atoms with Gasteiger partial charge in [-0.3, -0.25) is 14.5 Å². The summed E-state index contributed by atoms with van der Waals surface area (Å²) in [5, 5.41) is 20.9. The fraction of sp³-hybridized carbons (Fsp3) is 0.115. The van der Waals surface area contributed by atoms with E-state index in [0.29, 0.717) is 15.8 Å². The van der Waals surface area contributed by atoms with Gasteiger partial charge in [-0.2, -0.15) is 0 Å². The summed E-state index contributed by atoms with van der Waals surface area (Å²) in [4.78, 5) is 31.8. The van der Waals surface area contributed by atoms with Gasteiger partial charge in [-0.25, -0.2) is 13.8 Å². The van der Waals surface area contributed by atoms with E-state index in [-0.39, 0.29) is 27.7 Å². The number of amides is 1. The van der Waals surface area contributed by atoms with Crippen molar-refractivity contribution in [2.45, 2.75) is 19.4 Å². The number of nitrogens with zero attached hydrogens (tertiary/aromatic N) is 2. The Bertz CT molecular complexity index is 1470. The normalized spacial score (nSPS) is 17.5. The highest BCUT2D eigenvalue weighted by Crippen LogP contribution is 2.44. The number of aromatic nitrogens is 1. The van der Waals surface area contributed by atoms with Crippen LogP contribution in [0.4, 0.5) is 13.9 Å². The first kappa shape index (κ1) is 22.7. The third kappa shape index (κ3) is 3.83. The third-order valence-corrected chi connectivity index (χ3v) is 6.93. The van der Waals surface area contributed by atoms with Gasteiger partial charge < -0.3 is 10.2 Å². The molecule has 2 N–H and O–H groups in total. The molecule has 1 unspecified atom stereocenters. The van der Waals surface area contributed by atoms with Gasteiger partial charge >= 0.3 is 5.91 Å². The molecule has 0 spiro atoms. The number of aliphatic hydroxyl groups excluding tert-OH is 1. The third-order valence-electron chi connectivity index (χ3n) is 5.91. The molecule has 6 nitrogen and oxygen atoms in total. The van der Waals surface area contributed by atoms with Gasteiger partial charge in [0, 0.05) is 11.6 Å². The summed E-state index contributed by atoms with van der Waals surface area (Å²) in [6.45, 7) is 1.99. The monoisotopic (exact) mass is 492 g/mol. The molecule has 0 bridgehead atoms. The number of ketones is 1. The smallest absolute Gasteiger partial charge is 0.301 e.